The molecule has 2 amide bonds. The first-order valence-corrected chi connectivity index (χ1v) is 9.08. The Kier molecular flexibility index (Phi) is 5.96. The van der Waals surface area contributed by atoms with Crippen molar-refractivity contribution in [1.82, 2.24) is 5.32 Å². The van der Waals surface area contributed by atoms with Crippen LogP contribution in [0.2, 0.25) is 0 Å². The zero-order valence-electron chi connectivity index (χ0n) is 15.6. The van der Waals surface area contributed by atoms with Crippen LogP contribution in [0.5, 0.6) is 11.5 Å². The van der Waals surface area contributed by atoms with Crippen molar-refractivity contribution in [2.75, 3.05) is 19.0 Å². The topological polar surface area (TPSA) is 76.7 Å². The molecule has 1 heterocycles. The van der Waals surface area contributed by atoms with Crippen molar-refractivity contribution in [3.05, 3.63) is 53.6 Å². The van der Waals surface area contributed by atoms with Gasteiger partial charge in [0.25, 0.3) is 5.91 Å². The third kappa shape index (κ3) is 4.78. The highest BCUT2D eigenvalue weighted by atomic mass is 16.5. The van der Waals surface area contributed by atoms with Crippen molar-refractivity contribution < 1.29 is 19.1 Å². The Morgan fingerprint density at radius 2 is 1.89 bits per heavy atom. The molecule has 0 saturated carbocycles. The highest BCUT2D eigenvalue weighted by Crippen LogP contribution is 2.27. The van der Waals surface area contributed by atoms with Crippen molar-refractivity contribution in [3.8, 4) is 11.5 Å². The molecule has 0 spiro atoms. The third-order valence-corrected chi connectivity index (χ3v) is 4.60. The maximum absolute atomic E-state index is 12.3. The summed E-state index contributed by atoms with van der Waals surface area (Å²) in [6.45, 7) is 1.96. The lowest BCUT2D eigenvalue weighted by Gasteiger charge is -2.19. The summed E-state index contributed by atoms with van der Waals surface area (Å²) in [5, 5.41) is 5.83. The molecule has 6 nitrogen and oxygen atoms in total. The zero-order valence-corrected chi connectivity index (χ0v) is 15.6. The summed E-state index contributed by atoms with van der Waals surface area (Å²) in [4.78, 5) is 23.7. The summed E-state index contributed by atoms with van der Waals surface area (Å²) in [6, 6.07) is 13.0. The SMILES string of the molecule is CC[C@H](NC(=O)COc1ccc2c(c1)CCC(=O)N2)c1ccc(OC)cc1. The molecule has 0 radical (unpaired) electrons. The second kappa shape index (κ2) is 8.58. The summed E-state index contributed by atoms with van der Waals surface area (Å²) in [5.74, 6) is 1.26. The lowest BCUT2D eigenvalue weighted by Crippen LogP contribution is -2.32. The van der Waals surface area contributed by atoms with E-state index in [0.717, 1.165) is 29.0 Å². The van der Waals surface area contributed by atoms with Gasteiger partial charge in [0.15, 0.2) is 6.61 Å². The van der Waals surface area contributed by atoms with E-state index in [1.54, 1.807) is 13.2 Å². The fourth-order valence-corrected chi connectivity index (χ4v) is 3.09. The van der Waals surface area contributed by atoms with E-state index in [1.165, 1.54) is 0 Å². The number of carbonyl (C=O) groups excluding carboxylic acids is 2. The molecule has 2 N–H and O–H groups in total. The number of anilines is 1. The number of nitrogens with one attached hydrogen (secondary N) is 2. The van der Waals surface area contributed by atoms with Crippen LogP contribution in [-0.2, 0) is 16.0 Å². The van der Waals surface area contributed by atoms with E-state index in [0.29, 0.717) is 18.6 Å². The third-order valence-electron chi connectivity index (χ3n) is 4.60. The van der Waals surface area contributed by atoms with Gasteiger partial charge in [-0.25, -0.2) is 0 Å². The van der Waals surface area contributed by atoms with Gasteiger partial charge in [-0.3, -0.25) is 9.59 Å². The minimum absolute atomic E-state index is 0.0275. The first kappa shape index (κ1) is 18.8. The lowest BCUT2D eigenvalue weighted by atomic mass is 10.0. The first-order valence-electron chi connectivity index (χ1n) is 9.08. The highest BCUT2D eigenvalue weighted by molar-refractivity contribution is 5.94. The molecule has 2 aromatic carbocycles. The number of rotatable bonds is 7. The normalized spacial score (nSPS) is 13.9. The van der Waals surface area contributed by atoms with Crippen molar-refractivity contribution >= 4 is 17.5 Å². The van der Waals surface area contributed by atoms with Crippen LogP contribution in [-0.4, -0.2) is 25.5 Å². The molecule has 0 unspecified atom stereocenters. The van der Waals surface area contributed by atoms with Crippen LogP contribution >= 0.6 is 0 Å². The molecule has 0 aromatic heterocycles. The molecule has 27 heavy (non-hydrogen) atoms. The summed E-state index contributed by atoms with van der Waals surface area (Å²) < 4.78 is 10.8. The van der Waals surface area contributed by atoms with Gasteiger partial charge in [-0.15, -0.1) is 0 Å². The van der Waals surface area contributed by atoms with Gasteiger partial charge in [-0.2, -0.15) is 0 Å². The number of amides is 2. The van der Waals surface area contributed by atoms with Gasteiger partial charge < -0.3 is 20.1 Å². The second-order valence-electron chi connectivity index (χ2n) is 6.46. The van der Waals surface area contributed by atoms with Crippen LogP contribution in [0.1, 0.15) is 36.9 Å². The Balaban J connectivity index is 1.56. The molecule has 1 aliphatic rings. The van der Waals surface area contributed by atoms with E-state index in [9.17, 15) is 9.59 Å². The van der Waals surface area contributed by atoms with E-state index >= 15 is 0 Å². The fraction of sp³-hybridized carbons (Fsp3) is 0.333. The Labute approximate surface area is 158 Å². The van der Waals surface area contributed by atoms with E-state index in [2.05, 4.69) is 10.6 Å². The van der Waals surface area contributed by atoms with E-state index in [-0.39, 0.29) is 24.5 Å². The number of benzene rings is 2. The minimum Gasteiger partial charge on any atom is -0.497 e. The summed E-state index contributed by atoms with van der Waals surface area (Å²) >= 11 is 0. The Bertz CT molecular complexity index is 817. The molecular formula is C21H24N2O4. The quantitative estimate of drug-likeness (QED) is 0.787. The number of hydrogen-bond acceptors (Lipinski definition) is 4. The molecule has 0 bridgehead atoms. The molecule has 0 aliphatic carbocycles. The second-order valence-corrected chi connectivity index (χ2v) is 6.46. The molecule has 2 aromatic rings. The van der Waals surface area contributed by atoms with Gasteiger partial charge >= 0.3 is 0 Å². The van der Waals surface area contributed by atoms with Gasteiger partial charge in [0.05, 0.1) is 13.2 Å². The van der Waals surface area contributed by atoms with Crippen molar-refractivity contribution in [2.24, 2.45) is 0 Å². The molecule has 1 aliphatic heterocycles. The molecule has 0 saturated heterocycles. The van der Waals surface area contributed by atoms with E-state index < -0.39 is 0 Å². The minimum atomic E-state index is -0.177. The monoisotopic (exact) mass is 368 g/mol. The number of hydrogen-bond donors (Lipinski definition) is 2. The molecule has 1 atom stereocenters. The summed E-state index contributed by atoms with van der Waals surface area (Å²) in [5.41, 5.74) is 2.86. The average molecular weight is 368 g/mol. The number of ether oxygens (including phenoxy) is 2. The lowest BCUT2D eigenvalue weighted by molar-refractivity contribution is -0.123. The predicted molar refractivity (Wildman–Crippen MR) is 103 cm³/mol. The Hall–Kier alpha value is -3.02. The molecule has 142 valence electrons. The molecular weight excluding hydrogens is 344 g/mol. The average Bonchev–Trinajstić information content (AvgIpc) is 2.70. The van der Waals surface area contributed by atoms with Crippen LogP contribution in [0.15, 0.2) is 42.5 Å². The first-order chi connectivity index (χ1) is 13.1. The molecule has 6 heteroatoms. The Morgan fingerprint density at radius 1 is 1.15 bits per heavy atom. The van der Waals surface area contributed by atoms with Crippen molar-refractivity contribution in [2.45, 2.75) is 32.2 Å². The smallest absolute Gasteiger partial charge is 0.258 e. The Morgan fingerprint density at radius 3 is 2.59 bits per heavy atom. The predicted octanol–water partition coefficient (Wildman–Crippen LogP) is 3.23. The summed E-state index contributed by atoms with van der Waals surface area (Å²) in [7, 11) is 1.63. The van der Waals surface area contributed by atoms with Crippen molar-refractivity contribution in [3.63, 3.8) is 0 Å². The van der Waals surface area contributed by atoms with Crippen molar-refractivity contribution in [1.29, 1.82) is 0 Å². The van der Waals surface area contributed by atoms with Crippen LogP contribution < -0.4 is 20.1 Å². The maximum atomic E-state index is 12.3. The van der Waals surface area contributed by atoms with Crippen LogP contribution in [0.3, 0.4) is 0 Å². The number of aryl methyl sites for hydroxylation is 1. The summed E-state index contributed by atoms with van der Waals surface area (Å²) in [6.07, 6.45) is 1.92. The largest absolute Gasteiger partial charge is 0.497 e. The zero-order chi connectivity index (χ0) is 19.2. The van der Waals surface area contributed by atoms with Gasteiger partial charge in [0.2, 0.25) is 5.91 Å². The van der Waals surface area contributed by atoms with Gasteiger partial charge in [-0.1, -0.05) is 19.1 Å². The van der Waals surface area contributed by atoms with Crippen LogP contribution in [0.25, 0.3) is 0 Å². The number of carbonyl (C=O) groups is 2. The highest BCUT2D eigenvalue weighted by Gasteiger charge is 2.16. The van der Waals surface area contributed by atoms with E-state index in [1.807, 2.05) is 43.3 Å². The van der Waals surface area contributed by atoms with Gasteiger partial charge in [0, 0.05) is 12.1 Å². The fourth-order valence-electron chi connectivity index (χ4n) is 3.09. The number of methoxy groups -OCH3 is 1. The van der Waals surface area contributed by atoms with Gasteiger partial charge in [0.1, 0.15) is 11.5 Å². The van der Waals surface area contributed by atoms with E-state index in [4.69, 9.17) is 9.47 Å². The van der Waals surface area contributed by atoms with Crippen LogP contribution in [0, 0.1) is 0 Å². The van der Waals surface area contributed by atoms with Gasteiger partial charge in [-0.05, 0) is 54.3 Å². The van der Waals surface area contributed by atoms with Crippen LogP contribution in [0.4, 0.5) is 5.69 Å². The molecule has 3 rings (SSSR count). The standard InChI is InChI=1S/C21H24N2O4/c1-3-18(14-4-7-16(26-2)8-5-14)22-21(25)13-27-17-9-10-19-15(12-17)6-11-20(24)23-19/h4-5,7-10,12,18H,3,6,11,13H2,1-2H3,(H,22,25)(H,23,24)/t18-/m0/s1. The maximum Gasteiger partial charge on any atom is 0.258 e. The number of fused-ring (bicyclic) bond motifs is 1. The molecule has 0 fully saturated rings.